The van der Waals surface area contributed by atoms with Gasteiger partial charge in [-0.25, -0.2) is 19.2 Å². The molecule has 0 radical (unpaired) electrons. The first-order valence-corrected chi connectivity index (χ1v) is 7.45. The van der Waals surface area contributed by atoms with Crippen molar-refractivity contribution in [2.45, 2.75) is 20.0 Å². The summed E-state index contributed by atoms with van der Waals surface area (Å²) in [6.07, 6.45) is -1.09. The van der Waals surface area contributed by atoms with E-state index in [1.54, 1.807) is 13.8 Å². The summed E-state index contributed by atoms with van der Waals surface area (Å²) in [4.78, 5) is 33.8. The zero-order valence-corrected chi connectivity index (χ0v) is 13.2. The number of benzene rings is 1. The number of aryl methyl sites for hydroxylation is 2. The van der Waals surface area contributed by atoms with Crippen LogP contribution in [-0.2, 0) is 9.53 Å². The highest BCUT2D eigenvalue weighted by molar-refractivity contribution is 6.05. The number of rotatable bonds is 2. The van der Waals surface area contributed by atoms with Crippen molar-refractivity contribution in [2.24, 2.45) is 0 Å². The smallest absolute Gasteiger partial charge is 0.334 e. The number of morpholine rings is 1. The fourth-order valence-corrected chi connectivity index (χ4v) is 2.61. The van der Waals surface area contributed by atoms with Gasteiger partial charge in [0, 0.05) is 12.6 Å². The van der Waals surface area contributed by atoms with Gasteiger partial charge < -0.3 is 14.7 Å². The zero-order valence-electron chi connectivity index (χ0n) is 13.2. The predicted octanol–water partition coefficient (Wildman–Crippen LogP) is 1.31. The van der Waals surface area contributed by atoms with Gasteiger partial charge in [-0.15, -0.1) is 0 Å². The van der Waals surface area contributed by atoms with Crippen LogP contribution in [0.4, 0.5) is 4.39 Å². The molecule has 126 valence electrons. The summed E-state index contributed by atoms with van der Waals surface area (Å²) < 4.78 is 19.0. The third-order valence-electron chi connectivity index (χ3n) is 4.01. The Balaban J connectivity index is 2.03. The average molecular weight is 333 g/mol. The van der Waals surface area contributed by atoms with E-state index in [0.29, 0.717) is 22.4 Å². The molecule has 1 N–H and O–H groups in total. The molecule has 2 heterocycles. The van der Waals surface area contributed by atoms with Crippen LogP contribution in [0, 0.1) is 19.7 Å². The number of nitrogens with zero attached hydrogens (tertiary/aromatic N) is 3. The molecule has 0 bridgehead atoms. The number of carboxylic acid groups (broad SMARTS) is 1. The van der Waals surface area contributed by atoms with E-state index in [1.165, 1.54) is 11.0 Å². The number of aliphatic carboxylic acids is 1. The number of carboxylic acids is 1. The maximum atomic E-state index is 13.9. The lowest BCUT2D eigenvalue weighted by molar-refractivity contribution is -0.154. The van der Waals surface area contributed by atoms with Crippen molar-refractivity contribution >= 4 is 22.9 Å². The van der Waals surface area contributed by atoms with Crippen molar-refractivity contribution in [3.05, 3.63) is 34.9 Å². The summed E-state index contributed by atoms with van der Waals surface area (Å²) in [6.45, 7) is 3.77. The molecule has 1 amide bonds. The first-order valence-electron chi connectivity index (χ1n) is 7.45. The van der Waals surface area contributed by atoms with E-state index >= 15 is 0 Å². The number of amides is 1. The van der Waals surface area contributed by atoms with Crippen LogP contribution in [0.25, 0.3) is 11.0 Å². The minimum Gasteiger partial charge on any atom is -0.479 e. The van der Waals surface area contributed by atoms with E-state index in [1.807, 2.05) is 0 Å². The highest BCUT2D eigenvalue weighted by Gasteiger charge is 2.30. The third-order valence-corrected chi connectivity index (χ3v) is 4.01. The first-order chi connectivity index (χ1) is 11.4. The molecule has 7 nitrogen and oxygen atoms in total. The number of fused-ring (bicyclic) bond motifs is 1. The topological polar surface area (TPSA) is 92.6 Å². The maximum Gasteiger partial charge on any atom is 0.334 e. The standard InChI is InChI=1S/C16H16FN3O4/c1-8-9(2)19-14-11(5-10(17)6-12(14)18-8)15(21)20-3-4-24-13(7-20)16(22)23/h5-6,13H,3-4,7H2,1-2H3,(H,22,23)/t13-/m1/s1. The molecule has 1 aromatic heterocycles. The number of carbonyl (C=O) groups is 2. The van der Waals surface area contributed by atoms with E-state index in [2.05, 4.69) is 9.97 Å². The second-order valence-electron chi connectivity index (χ2n) is 5.66. The summed E-state index contributed by atoms with van der Waals surface area (Å²) >= 11 is 0. The molecule has 0 saturated carbocycles. The minimum absolute atomic E-state index is 0.0756. The normalized spacial score (nSPS) is 18.0. The fourth-order valence-electron chi connectivity index (χ4n) is 2.61. The molecule has 3 rings (SSSR count). The van der Waals surface area contributed by atoms with Crippen LogP contribution in [0.3, 0.4) is 0 Å². The zero-order chi connectivity index (χ0) is 17.4. The van der Waals surface area contributed by atoms with Gasteiger partial charge in [-0.3, -0.25) is 4.79 Å². The Hall–Kier alpha value is -2.61. The number of halogens is 1. The Kier molecular flexibility index (Phi) is 4.15. The second-order valence-corrected chi connectivity index (χ2v) is 5.66. The second kappa shape index (κ2) is 6.12. The average Bonchev–Trinajstić information content (AvgIpc) is 2.55. The molecule has 24 heavy (non-hydrogen) atoms. The largest absolute Gasteiger partial charge is 0.479 e. The van der Waals surface area contributed by atoms with Crippen molar-refractivity contribution in [3.8, 4) is 0 Å². The van der Waals surface area contributed by atoms with Crippen molar-refractivity contribution in [1.29, 1.82) is 0 Å². The Labute approximate surface area is 137 Å². The van der Waals surface area contributed by atoms with Gasteiger partial charge in [0.05, 0.1) is 35.6 Å². The summed E-state index contributed by atoms with van der Waals surface area (Å²) in [6, 6.07) is 2.34. The molecule has 1 aliphatic rings. The van der Waals surface area contributed by atoms with Crippen LogP contribution in [0.2, 0.25) is 0 Å². The van der Waals surface area contributed by atoms with Gasteiger partial charge in [-0.1, -0.05) is 0 Å². The molecule has 1 aliphatic heterocycles. The monoisotopic (exact) mass is 333 g/mol. The van der Waals surface area contributed by atoms with Gasteiger partial charge in [0.15, 0.2) is 6.10 Å². The number of ether oxygens (including phenoxy) is 1. The predicted molar refractivity (Wildman–Crippen MR) is 82.2 cm³/mol. The van der Waals surface area contributed by atoms with Crippen molar-refractivity contribution in [2.75, 3.05) is 19.7 Å². The van der Waals surface area contributed by atoms with Gasteiger partial charge in [0.1, 0.15) is 11.3 Å². The SMILES string of the molecule is Cc1nc2cc(F)cc(C(=O)N3CCO[C@@H](C(=O)O)C3)c2nc1C. The maximum absolute atomic E-state index is 13.9. The molecule has 8 heteroatoms. The molecule has 1 aromatic carbocycles. The van der Waals surface area contributed by atoms with Gasteiger partial charge in [0.2, 0.25) is 0 Å². The number of hydrogen-bond acceptors (Lipinski definition) is 5. The molecule has 1 atom stereocenters. The quantitative estimate of drug-likeness (QED) is 0.891. The van der Waals surface area contributed by atoms with Gasteiger partial charge in [0.25, 0.3) is 5.91 Å². The first kappa shape index (κ1) is 16.3. The van der Waals surface area contributed by atoms with Crippen LogP contribution >= 0.6 is 0 Å². The molecule has 0 aliphatic carbocycles. The molecular formula is C16H16FN3O4. The van der Waals surface area contributed by atoms with Crippen LogP contribution in [0.15, 0.2) is 12.1 Å². The van der Waals surface area contributed by atoms with Crippen LogP contribution in [0.1, 0.15) is 21.7 Å². The van der Waals surface area contributed by atoms with Crippen LogP contribution < -0.4 is 0 Å². The number of aromatic nitrogens is 2. The Morgan fingerprint density at radius 2 is 2.00 bits per heavy atom. The number of hydrogen-bond donors (Lipinski definition) is 1. The van der Waals surface area contributed by atoms with E-state index < -0.39 is 23.8 Å². The van der Waals surface area contributed by atoms with Gasteiger partial charge in [-0.05, 0) is 19.9 Å². The van der Waals surface area contributed by atoms with Crippen molar-refractivity contribution in [3.63, 3.8) is 0 Å². The summed E-state index contributed by atoms with van der Waals surface area (Å²) in [7, 11) is 0. The Morgan fingerprint density at radius 1 is 1.29 bits per heavy atom. The highest BCUT2D eigenvalue weighted by Crippen LogP contribution is 2.21. The summed E-state index contributed by atoms with van der Waals surface area (Å²) in [5.41, 5.74) is 1.98. The Bertz CT molecular complexity index is 840. The van der Waals surface area contributed by atoms with Gasteiger partial charge in [-0.2, -0.15) is 0 Å². The lowest BCUT2D eigenvalue weighted by Gasteiger charge is -2.31. The molecule has 2 aromatic rings. The van der Waals surface area contributed by atoms with Crippen LogP contribution in [-0.4, -0.2) is 57.7 Å². The molecule has 0 spiro atoms. The lowest BCUT2D eigenvalue weighted by atomic mass is 10.1. The van der Waals surface area contributed by atoms with Gasteiger partial charge >= 0.3 is 5.97 Å². The fraction of sp³-hybridized carbons (Fsp3) is 0.375. The van der Waals surface area contributed by atoms with Crippen molar-refractivity contribution < 1.29 is 23.8 Å². The highest BCUT2D eigenvalue weighted by atomic mass is 19.1. The van der Waals surface area contributed by atoms with E-state index in [4.69, 9.17) is 9.84 Å². The minimum atomic E-state index is -1.14. The lowest BCUT2D eigenvalue weighted by Crippen LogP contribution is -2.48. The third kappa shape index (κ3) is 2.92. The van der Waals surface area contributed by atoms with E-state index in [0.717, 1.165) is 6.07 Å². The molecular weight excluding hydrogens is 317 g/mol. The molecule has 1 fully saturated rings. The van der Waals surface area contributed by atoms with Crippen molar-refractivity contribution in [1.82, 2.24) is 14.9 Å². The van der Waals surface area contributed by atoms with E-state index in [-0.39, 0.29) is 25.3 Å². The number of carbonyl (C=O) groups excluding carboxylic acids is 1. The van der Waals surface area contributed by atoms with E-state index in [9.17, 15) is 14.0 Å². The summed E-state index contributed by atoms with van der Waals surface area (Å²) in [5, 5.41) is 9.05. The van der Waals surface area contributed by atoms with Crippen LogP contribution in [0.5, 0.6) is 0 Å². The molecule has 1 saturated heterocycles. The Morgan fingerprint density at radius 3 is 2.71 bits per heavy atom. The summed E-state index contributed by atoms with van der Waals surface area (Å²) in [5.74, 6) is -2.21. The molecule has 0 unspecified atom stereocenters.